The Hall–Kier alpha value is -3.03. The minimum Gasteiger partial charge on any atom is -0.542 e. The van der Waals surface area contributed by atoms with E-state index in [-0.39, 0.29) is 6.04 Å². The average Bonchev–Trinajstić information content (AvgIpc) is 3.17. The second kappa shape index (κ2) is 9.41. The number of carboxylic acid groups (broad SMARTS) is 1. The van der Waals surface area contributed by atoms with Gasteiger partial charge in [0.15, 0.2) is 0 Å². The molecule has 1 atom stereocenters. The van der Waals surface area contributed by atoms with Crippen LogP contribution in [-0.4, -0.2) is 23.8 Å². The van der Waals surface area contributed by atoms with Gasteiger partial charge in [0.2, 0.25) is 0 Å². The fourth-order valence-corrected chi connectivity index (χ4v) is 3.70. The SMILES string of the molecule is O=C([O-])C(F)(F)F.Oc1ccc2ccccc2c1C1[NH2+]CC/C1=C\c1ccc(Cl)cc1. The van der Waals surface area contributed by atoms with E-state index in [1.54, 1.807) is 0 Å². The van der Waals surface area contributed by atoms with Gasteiger partial charge in [-0.15, -0.1) is 0 Å². The summed E-state index contributed by atoms with van der Waals surface area (Å²) < 4.78 is 31.5. The zero-order chi connectivity index (χ0) is 22.6. The van der Waals surface area contributed by atoms with Crippen molar-refractivity contribution in [1.29, 1.82) is 0 Å². The van der Waals surface area contributed by atoms with Gasteiger partial charge in [-0.1, -0.05) is 54.1 Å². The minimum atomic E-state index is -5.19. The first-order valence-corrected chi connectivity index (χ1v) is 9.82. The number of hydrogen-bond donors (Lipinski definition) is 2. The standard InChI is InChI=1S/C21H18ClNO.C2HF3O2/c22-17-8-5-14(6-9-17)13-16-11-12-23-21(16)20-18-4-2-1-3-15(18)7-10-19(20)24;3-2(4,5)1(6)7/h1-10,13,21,23-24H,11-12H2;(H,6,7)/b16-13+;. The molecular formula is C23H19ClF3NO3. The Kier molecular flexibility index (Phi) is 6.87. The second-order valence-electron chi connectivity index (χ2n) is 7.03. The van der Waals surface area contributed by atoms with Crippen LogP contribution < -0.4 is 10.4 Å². The van der Waals surface area contributed by atoms with Crippen LogP contribution in [0, 0.1) is 0 Å². The maximum atomic E-state index is 10.5. The zero-order valence-corrected chi connectivity index (χ0v) is 17.0. The highest BCUT2D eigenvalue weighted by Gasteiger charge is 2.30. The monoisotopic (exact) mass is 449 g/mol. The Labute approximate surface area is 181 Å². The normalized spacial score (nSPS) is 17.4. The molecule has 3 aromatic rings. The highest BCUT2D eigenvalue weighted by atomic mass is 35.5. The number of phenols is 1. The molecule has 0 spiro atoms. The van der Waals surface area contributed by atoms with Gasteiger partial charge in [-0.3, -0.25) is 0 Å². The van der Waals surface area contributed by atoms with Crippen molar-refractivity contribution in [3.63, 3.8) is 0 Å². The summed E-state index contributed by atoms with van der Waals surface area (Å²) in [4.78, 5) is 8.78. The van der Waals surface area contributed by atoms with Gasteiger partial charge < -0.3 is 20.3 Å². The first kappa shape index (κ1) is 22.7. The molecule has 1 aliphatic heterocycles. The Balaban J connectivity index is 0.000000339. The molecule has 0 aliphatic carbocycles. The largest absolute Gasteiger partial charge is 0.542 e. The highest BCUT2D eigenvalue weighted by Crippen LogP contribution is 2.36. The fourth-order valence-electron chi connectivity index (χ4n) is 3.57. The van der Waals surface area contributed by atoms with Crippen LogP contribution >= 0.6 is 11.6 Å². The summed E-state index contributed by atoms with van der Waals surface area (Å²) in [6.45, 7) is 1.03. The summed E-state index contributed by atoms with van der Waals surface area (Å²) in [7, 11) is 0. The number of benzene rings is 3. The lowest BCUT2D eigenvalue weighted by molar-refractivity contribution is -0.671. The number of carbonyl (C=O) groups excluding carboxylic acids is 1. The first-order valence-electron chi connectivity index (χ1n) is 9.45. The molecule has 1 fully saturated rings. The summed E-state index contributed by atoms with van der Waals surface area (Å²) in [6, 6.07) is 20.1. The van der Waals surface area contributed by atoms with Gasteiger partial charge in [-0.2, -0.15) is 13.2 Å². The third-order valence-corrected chi connectivity index (χ3v) is 5.20. The molecule has 8 heteroatoms. The highest BCUT2D eigenvalue weighted by molar-refractivity contribution is 6.30. The zero-order valence-electron chi connectivity index (χ0n) is 16.2. The van der Waals surface area contributed by atoms with E-state index < -0.39 is 12.1 Å². The molecule has 162 valence electrons. The van der Waals surface area contributed by atoms with E-state index in [1.165, 1.54) is 5.57 Å². The van der Waals surface area contributed by atoms with Gasteiger partial charge in [0.25, 0.3) is 0 Å². The number of alkyl halides is 3. The van der Waals surface area contributed by atoms with E-state index in [0.717, 1.165) is 39.9 Å². The summed E-state index contributed by atoms with van der Waals surface area (Å²) in [5, 5.41) is 24.7. The molecule has 1 heterocycles. The molecule has 0 radical (unpaired) electrons. The summed E-state index contributed by atoms with van der Waals surface area (Å²) in [6.07, 6.45) is -1.94. The summed E-state index contributed by atoms with van der Waals surface area (Å²) in [5.74, 6) is -2.63. The Bertz CT molecular complexity index is 1110. The van der Waals surface area contributed by atoms with E-state index in [1.807, 2.05) is 48.5 Å². The van der Waals surface area contributed by atoms with Crippen LogP contribution in [0.3, 0.4) is 0 Å². The maximum absolute atomic E-state index is 10.5. The third kappa shape index (κ3) is 5.57. The van der Waals surface area contributed by atoms with Crippen LogP contribution in [0.25, 0.3) is 16.8 Å². The van der Waals surface area contributed by atoms with Crippen molar-refractivity contribution in [2.75, 3.05) is 6.54 Å². The molecular weight excluding hydrogens is 431 g/mol. The Morgan fingerprint density at radius 2 is 1.74 bits per heavy atom. The molecule has 3 aromatic carbocycles. The lowest BCUT2D eigenvalue weighted by atomic mass is 9.92. The molecule has 1 aliphatic rings. The molecule has 0 aromatic heterocycles. The van der Waals surface area contributed by atoms with Crippen molar-refractivity contribution in [2.45, 2.75) is 18.6 Å². The fraction of sp³-hybridized carbons (Fsp3) is 0.174. The number of carboxylic acids is 1. The predicted octanol–water partition coefficient (Wildman–Crippen LogP) is 3.59. The number of nitrogens with two attached hydrogens (primary N) is 1. The summed E-state index contributed by atoms with van der Waals surface area (Å²) in [5.41, 5.74) is 3.50. The van der Waals surface area contributed by atoms with Crippen molar-refractivity contribution in [3.05, 3.63) is 82.4 Å². The van der Waals surface area contributed by atoms with Crippen molar-refractivity contribution < 1.29 is 33.5 Å². The molecule has 4 rings (SSSR count). The maximum Gasteiger partial charge on any atom is 0.430 e. The number of quaternary nitrogens is 1. The van der Waals surface area contributed by atoms with Crippen LogP contribution in [0.1, 0.15) is 23.6 Å². The topological polar surface area (TPSA) is 77.0 Å². The number of hydrogen-bond acceptors (Lipinski definition) is 3. The lowest BCUT2D eigenvalue weighted by Crippen LogP contribution is -2.82. The number of rotatable bonds is 2. The Morgan fingerprint density at radius 1 is 1.10 bits per heavy atom. The van der Waals surface area contributed by atoms with Gasteiger partial charge in [0.05, 0.1) is 12.1 Å². The summed E-state index contributed by atoms with van der Waals surface area (Å²) >= 11 is 5.98. The molecule has 0 bridgehead atoms. The van der Waals surface area contributed by atoms with Crippen LogP contribution in [0.2, 0.25) is 5.02 Å². The van der Waals surface area contributed by atoms with Gasteiger partial charge in [0.1, 0.15) is 17.8 Å². The van der Waals surface area contributed by atoms with Gasteiger partial charge >= 0.3 is 6.18 Å². The van der Waals surface area contributed by atoms with E-state index in [0.29, 0.717) is 5.75 Å². The molecule has 31 heavy (non-hydrogen) atoms. The predicted molar refractivity (Wildman–Crippen MR) is 110 cm³/mol. The van der Waals surface area contributed by atoms with Gasteiger partial charge in [-0.05, 0) is 46.2 Å². The minimum absolute atomic E-state index is 0.159. The Morgan fingerprint density at radius 3 is 2.39 bits per heavy atom. The first-order chi connectivity index (χ1) is 14.7. The van der Waals surface area contributed by atoms with Crippen LogP contribution in [0.5, 0.6) is 5.75 Å². The van der Waals surface area contributed by atoms with Crippen LogP contribution in [-0.2, 0) is 4.79 Å². The molecule has 1 saturated heterocycles. The molecule has 4 nitrogen and oxygen atoms in total. The van der Waals surface area contributed by atoms with E-state index in [4.69, 9.17) is 21.5 Å². The van der Waals surface area contributed by atoms with E-state index >= 15 is 0 Å². The van der Waals surface area contributed by atoms with Crippen molar-refractivity contribution >= 4 is 34.4 Å². The number of phenolic OH excluding ortho intramolecular Hbond substituents is 1. The number of halogens is 4. The average molecular weight is 450 g/mol. The van der Waals surface area contributed by atoms with Crippen molar-refractivity contribution in [3.8, 4) is 5.75 Å². The van der Waals surface area contributed by atoms with Gasteiger partial charge in [-0.25, -0.2) is 0 Å². The number of aromatic hydroxyl groups is 1. The van der Waals surface area contributed by atoms with Crippen LogP contribution in [0.15, 0.2) is 66.2 Å². The molecule has 1 unspecified atom stereocenters. The smallest absolute Gasteiger partial charge is 0.430 e. The third-order valence-electron chi connectivity index (χ3n) is 4.95. The number of aliphatic carboxylic acids is 1. The lowest BCUT2D eigenvalue weighted by Gasteiger charge is -2.15. The molecule has 0 saturated carbocycles. The molecule has 3 N–H and O–H groups in total. The van der Waals surface area contributed by atoms with Crippen molar-refractivity contribution in [2.24, 2.45) is 0 Å². The van der Waals surface area contributed by atoms with Crippen LogP contribution in [0.4, 0.5) is 13.2 Å². The molecule has 0 amide bonds. The van der Waals surface area contributed by atoms with Gasteiger partial charge in [0, 0.05) is 11.4 Å². The van der Waals surface area contributed by atoms with E-state index in [9.17, 15) is 18.3 Å². The quantitative estimate of drug-likeness (QED) is 0.627. The van der Waals surface area contributed by atoms with Crippen molar-refractivity contribution in [1.82, 2.24) is 0 Å². The van der Waals surface area contributed by atoms with E-state index in [2.05, 4.69) is 23.5 Å². The number of fused-ring (bicyclic) bond motifs is 1. The number of carbonyl (C=O) groups is 1. The second-order valence-corrected chi connectivity index (χ2v) is 7.46.